The van der Waals surface area contributed by atoms with Crippen LogP contribution in [0.4, 0.5) is 10.1 Å². The molecule has 0 atom stereocenters. The summed E-state index contributed by atoms with van der Waals surface area (Å²) < 4.78 is 18.8. The van der Waals surface area contributed by atoms with Crippen LogP contribution in [0.3, 0.4) is 0 Å². The van der Waals surface area contributed by atoms with E-state index in [2.05, 4.69) is 10.2 Å². The Bertz CT molecular complexity index is 392. The summed E-state index contributed by atoms with van der Waals surface area (Å²) in [7, 11) is 0. The van der Waals surface area contributed by atoms with E-state index < -0.39 is 0 Å². The van der Waals surface area contributed by atoms with E-state index in [1.807, 2.05) is 13.0 Å². The van der Waals surface area contributed by atoms with Gasteiger partial charge in [-0.05, 0) is 58.0 Å². The molecule has 1 aromatic carbocycles. The number of likely N-dealkylation sites (tertiary alicyclic amines) is 1. The van der Waals surface area contributed by atoms with Gasteiger partial charge in [0.05, 0.1) is 6.61 Å². The van der Waals surface area contributed by atoms with Gasteiger partial charge >= 0.3 is 0 Å². The zero-order valence-corrected chi connectivity index (χ0v) is 11.6. The Morgan fingerprint density at radius 1 is 1.32 bits per heavy atom. The summed E-state index contributed by atoms with van der Waals surface area (Å²) in [6.45, 7) is 6.81. The number of ether oxygens (including phenoxy) is 1. The molecule has 1 fully saturated rings. The summed E-state index contributed by atoms with van der Waals surface area (Å²) in [6.07, 6.45) is 3.75. The molecule has 0 aromatic heterocycles. The van der Waals surface area contributed by atoms with Crippen molar-refractivity contribution >= 4 is 5.69 Å². The van der Waals surface area contributed by atoms with E-state index in [9.17, 15) is 4.39 Å². The van der Waals surface area contributed by atoms with E-state index in [1.54, 1.807) is 6.07 Å². The molecule has 19 heavy (non-hydrogen) atoms. The van der Waals surface area contributed by atoms with E-state index in [0.29, 0.717) is 12.4 Å². The van der Waals surface area contributed by atoms with Crippen LogP contribution in [-0.4, -0.2) is 37.7 Å². The molecule has 0 aliphatic carbocycles. The molecular weight excluding hydrogens is 243 g/mol. The summed E-state index contributed by atoms with van der Waals surface area (Å²) in [6, 6.07) is 5.05. The highest BCUT2D eigenvalue weighted by Gasteiger charge is 2.10. The van der Waals surface area contributed by atoms with Crippen LogP contribution in [0.15, 0.2) is 18.2 Å². The zero-order chi connectivity index (χ0) is 13.5. The lowest BCUT2D eigenvalue weighted by Gasteiger charge is -2.15. The minimum absolute atomic E-state index is 0.300. The van der Waals surface area contributed by atoms with E-state index in [-0.39, 0.29) is 5.82 Å². The Morgan fingerprint density at radius 3 is 2.79 bits per heavy atom. The maximum atomic E-state index is 13.6. The topological polar surface area (TPSA) is 24.5 Å². The molecule has 3 nitrogen and oxygen atoms in total. The van der Waals surface area contributed by atoms with Crippen molar-refractivity contribution in [2.45, 2.75) is 26.2 Å². The second-order valence-electron chi connectivity index (χ2n) is 4.91. The van der Waals surface area contributed by atoms with Crippen molar-refractivity contribution in [1.82, 2.24) is 4.90 Å². The SMILES string of the molecule is CCOc1ccc(NCCCN2CCCC2)cc1F. The second kappa shape index (κ2) is 7.34. The fraction of sp³-hybridized carbons (Fsp3) is 0.600. The standard InChI is InChI=1S/C15H23FN2O/c1-2-19-15-7-6-13(12-14(15)16)17-8-5-11-18-9-3-4-10-18/h6-7,12,17H,2-5,8-11H2,1H3. The van der Waals surface area contributed by atoms with Gasteiger partial charge in [-0.1, -0.05) is 0 Å². The third-order valence-electron chi connectivity index (χ3n) is 3.41. The predicted octanol–water partition coefficient (Wildman–Crippen LogP) is 3.12. The molecular formula is C15H23FN2O. The van der Waals surface area contributed by atoms with Gasteiger partial charge in [0.25, 0.3) is 0 Å². The lowest BCUT2D eigenvalue weighted by Crippen LogP contribution is -2.22. The Morgan fingerprint density at radius 2 is 2.11 bits per heavy atom. The average molecular weight is 266 g/mol. The molecule has 106 valence electrons. The molecule has 0 radical (unpaired) electrons. The first-order valence-electron chi connectivity index (χ1n) is 7.18. The molecule has 1 aliphatic heterocycles. The highest BCUT2D eigenvalue weighted by Crippen LogP contribution is 2.21. The Kier molecular flexibility index (Phi) is 5.45. The molecule has 1 aromatic rings. The molecule has 0 bridgehead atoms. The van der Waals surface area contributed by atoms with Crippen LogP contribution in [0, 0.1) is 5.82 Å². The van der Waals surface area contributed by atoms with Crippen LogP contribution in [0.5, 0.6) is 5.75 Å². The maximum Gasteiger partial charge on any atom is 0.167 e. The highest BCUT2D eigenvalue weighted by atomic mass is 19.1. The van der Waals surface area contributed by atoms with E-state index in [4.69, 9.17) is 4.74 Å². The minimum atomic E-state index is -0.300. The fourth-order valence-electron chi connectivity index (χ4n) is 2.42. The summed E-state index contributed by atoms with van der Waals surface area (Å²) in [5.74, 6) is 0.0245. The lowest BCUT2D eigenvalue weighted by atomic mass is 10.2. The largest absolute Gasteiger partial charge is 0.491 e. The Labute approximate surface area is 114 Å². The van der Waals surface area contributed by atoms with Crippen LogP contribution >= 0.6 is 0 Å². The van der Waals surface area contributed by atoms with Crippen LogP contribution in [0.1, 0.15) is 26.2 Å². The van der Waals surface area contributed by atoms with Gasteiger partial charge in [-0.2, -0.15) is 0 Å². The second-order valence-corrected chi connectivity index (χ2v) is 4.91. The molecule has 1 N–H and O–H groups in total. The fourth-order valence-corrected chi connectivity index (χ4v) is 2.42. The first kappa shape index (κ1) is 14.1. The normalized spacial score (nSPS) is 15.7. The van der Waals surface area contributed by atoms with E-state index in [1.165, 1.54) is 32.0 Å². The molecule has 1 heterocycles. The average Bonchev–Trinajstić information content (AvgIpc) is 2.91. The van der Waals surface area contributed by atoms with Gasteiger partial charge in [0.2, 0.25) is 0 Å². The van der Waals surface area contributed by atoms with Gasteiger partial charge in [-0.15, -0.1) is 0 Å². The van der Waals surface area contributed by atoms with Crippen molar-refractivity contribution in [2.75, 3.05) is 38.1 Å². The van der Waals surface area contributed by atoms with Crippen LogP contribution in [0.2, 0.25) is 0 Å². The molecule has 1 aliphatic rings. The number of nitrogens with one attached hydrogen (secondary N) is 1. The summed E-state index contributed by atoms with van der Waals surface area (Å²) in [4.78, 5) is 2.49. The number of anilines is 1. The summed E-state index contributed by atoms with van der Waals surface area (Å²) >= 11 is 0. The molecule has 0 spiro atoms. The van der Waals surface area contributed by atoms with E-state index >= 15 is 0 Å². The van der Waals surface area contributed by atoms with Gasteiger partial charge in [0, 0.05) is 18.3 Å². The van der Waals surface area contributed by atoms with Crippen molar-refractivity contribution in [1.29, 1.82) is 0 Å². The predicted molar refractivity (Wildman–Crippen MR) is 76.3 cm³/mol. The molecule has 0 amide bonds. The first-order chi connectivity index (χ1) is 9.29. The molecule has 2 rings (SSSR count). The Hall–Kier alpha value is -1.29. The van der Waals surface area contributed by atoms with Crippen molar-refractivity contribution in [3.8, 4) is 5.75 Å². The third kappa shape index (κ3) is 4.39. The molecule has 0 unspecified atom stereocenters. The number of hydrogen-bond acceptors (Lipinski definition) is 3. The number of hydrogen-bond donors (Lipinski definition) is 1. The van der Waals surface area contributed by atoms with Gasteiger partial charge in [0.1, 0.15) is 0 Å². The maximum absolute atomic E-state index is 13.6. The van der Waals surface area contributed by atoms with Gasteiger partial charge in [-0.3, -0.25) is 0 Å². The monoisotopic (exact) mass is 266 g/mol. The highest BCUT2D eigenvalue weighted by molar-refractivity contribution is 5.47. The smallest absolute Gasteiger partial charge is 0.167 e. The Balaban J connectivity index is 1.71. The number of rotatable bonds is 7. The van der Waals surface area contributed by atoms with Gasteiger partial charge in [0.15, 0.2) is 11.6 Å². The van der Waals surface area contributed by atoms with Gasteiger partial charge in [-0.25, -0.2) is 4.39 Å². The number of halogens is 1. The quantitative estimate of drug-likeness (QED) is 0.767. The molecule has 0 saturated carbocycles. The van der Waals surface area contributed by atoms with Gasteiger partial charge < -0.3 is 15.0 Å². The molecule has 1 saturated heterocycles. The first-order valence-corrected chi connectivity index (χ1v) is 7.18. The third-order valence-corrected chi connectivity index (χ3v) is 3.41. The summed E-state index contributed by atoms with van der Waals surface area (Å²) in [5.41, 5.74) is 0.822. The number of benzene rings is 1. The van der Waals surface area contributed by atoms with Crippen LogP contribution < -0.4 is 10.1 Å². The number of nitrogens with zero attached hydrogens (tertiary/aromatic N) is 1. The summed E-state index contributed by atoms with van der Waals surface area (Å²) in [5, 5.41) is 3.26. The van der Waals surface area contributed by atoms with Crippen molar-refractivity contribution in [2.24, 2.45) is 0 Å². The van der Waals surface area contributed by atoms with Crippen LogP contribution in [-0.2, 0) is 0 Å². The molecule has 4 heteroatoms. The van der Waals surface area contributed by atoms with Crippen LogP contribution in [0.25, 0.3) is 0 Å². The minimum Gasteiger partial charge on any atom is -0.491 e. The van der Waals surface area contributed by atoms with Crippen molar-refractivity contribution in [3.63, 3.8) is 0 Å². The van der Waals surface area contributed by atoms with E-state index in [0.717, 1.165) is 25.2 Å². The van der Waals surface area contributed by atoms with Crippen molar-refractivity contribution < 1.29 is 9.13 Å². The van der Waals surface area contributed by atoms with Crippen molar-refractivity contribution in [3.05, 3.63) is 24.0 Å². The lowest BCUT2D eigenvalue weighted by molar-refractivity contribution is 0.321. The zero-order valence-electron chi connectivity index (χ0n) is 11.6.